The number of aryl methyl sites for hydroxylation is 1. The second kappa shape index (κ2) is 7.09. The first-order valence-electron chi connectivity index (χ1n) is 8.83. The van der Waals surface area contributed by atoms with Crippen LogP contribution < -0.4 is 10.1 Å². The summed E-state index contributed by atoms with van der Waals surface area (Å²) in [6, 6.07) is 5.32. The number of hydrogen-bond donors (Lipinski definition) is 1. The maximum Gasteiger partial charge on any atom is 0.176 e. The molecule has 0 radical (unpaired) electrons. The van der Waals surface area contributed by atoms with Gasteiger partial charge in [0.2, 0.25) is 0 Å². The second-order valence-corrected chi connectivity index (χ2v) is 6.69. The summed E-state index contributed by atoms with van der Waals surface area (Å²) in [4.78, 5) is 4.52. The van der Waals surface area contributed by atoms with Crippen LogP contribution in [0.3, 0.4) is 0 Å². The van der Waals surface area contributed by atoms with Crippen molar-refractivity contribution in [3.05, 3.63) is 41.2 Å². The lowest BCUT2D eigenvalue weighted by atomic mass is 9.99. The van der Waals surface area contributed by atoms with Crippen molar-refractivity contribution in [1.29, 1.82) is 0 Å². The van der Waals surface area contributed by atoms with Gasteiger partial charge < -0.3 is 14.8 Å². The van der Waals surface area contributed by atoms with Crippen LogP contribution >= 0.6 is 0 Å². The number of aromatic nitrogens is 3. The highest BCUT2D eigenvalue weighted by atomic mass is 19.1. The molecule has 1 aromatic heterocycles. The van der Waals surface area contributed by atoms with Gasteiger partial charge in [0, 0.05) is 37.2 Å². The van der Waals surface area contributed by atoms with E-state index in [2.05, 4.69) is 15.4 Å². The largest absolute Gasteiger partial charge is 0.493 e. The molecule has 0 spiro atoms. The van der Waals surface area contributed by atoms with E-state index in [1.807, 2.05) is 10.7 Å². The molecule has 2 aliphatic heterocycles. The summed E-state index contributed by atoms with van der Waals surface area (Å²) in [5.74, 6) is 2.17. The number of methoxy groups -OCH3 is 1. The van der Waals surface area contributed by atoms with E-state index in [4.69, 9.17) is 9.47 Å². The van der Waals surface area contributed by atoms with Crippen LogP contribution in [0.5, 0.6) is 5.75 Å². The normalized spacial score (nSPS) is 22.6. The Morgan fingerprint density at radius 1 is 1.40 bits per heavy atom. The first-order chi connectivity index (χ1) is 12.2. The molecule has 0 bridgehead atoms. The van der Waals surface area contributed by atoms with Gasteiger partial charge in [0.05, 0.1) is 13.2 Å². The van der Waals surface area contributed by atoms with E-state index in [9.17, 15) is 4.39 Å². The molecule has 7 heteroatoms. The molecule has 4 rings (SSSR count). The third-order valence-corrected chi connectivity index (χ3v) is 4.86. The smallest absolute Gasteiger partial charge is 0.176 e. The van der Waals surface area contributed by atoms with E-state index < -0.39 is 0 Å². The SMILES string of the molecule is COCc1nc2n(n1)C[C@H](N[C@H]1CCCOc3cc(F)ccc31)CC2. The molecule has 1 N–H and O–H groups in total. The minimum absolute atomic E-state index is 0.173. The van der Waals surface area contributed by atoms with Crippen LogP contribution in [0.2, 0.25) is 0 Å². The molecule has 0 amide bonds. The van der Waals surface area contributed by atoms with Crippen molar-refractivity contribution in [2.24, 2.45) is 0 Å². The summed E-state index contributed by atoms with van der Waals surface area (Å²) in [6.07, 6.45) is 3.84. The average molecular weight is 346 g/mol. The predicted octanol–water partition coefficient (Wildman–Crippen LogP) is 2.38. The lowest BCUT2D eigenvalue weighted by Gasteiger charge is -2.28. The lowest BCUT2D eigenvalue weighted by Crippen LogP contribution is -2.40. The van der Waals surface area contributed by atoms with Gasteiger partial charge in [0.15, 0.2) is 5.82 Å². The van der Waals surface area contributed by atoms with Gasteiger partial charge >= 0.3 is 0 Å². The summed E-state index contributed by atoms with van der Waals surface area (Å²) in [7, 11) is 1.65. The standard InChI is InChI=1S/C18H23FN4O2/c1-24-11-17-21-18-7-5-13(10-23(18)22-17)20-15-3-2-8-25-16-9-12(19)4-6-14(15)16/h4,6,9,13,15,20H,2-3,5,7-8,10-11H2,1H3/t13-,15+/m1/s1. The second-order valence-electron chi connectivity index (χ2n) is 6.69. The summed E-state index contributed by atoms with van der Waals surface area (Å²) in [6.45, 7) is 1.86. The van der Waals surface area contributed by atoms with E-state index in [1.54, 1.807) is 7.11 Å². The molecular formula is C18H23FN4O2. The molecule has 0 saturated carbocycles. The molecule has 25 heavy (non-hydrogen) atoms. The van der Waals surface area contributed by atoms with Gasteiger partial charge in [-0.3, -0.25) is 0 Å². The van der Waals surface area contributed by atoms with Crippen molar-refractivity contribution >= 4 is 0 Å². The highest BCUT2D eigenvalue weighted by Gasteiger charge is 2.27. The number of halogens is 1. The van der Waals surface area contributed by atoms with E-state index in [-0.39, 0.29) is 11.9 Å². The van der Waals surface area contributed by atoms with Gasteiger partial charge in [0.25, 0.3) is 0 Å². The van der Waals surface area contributed by atoms with Crippen molar-refractivity contribution in [1.82, 2.24) is 20.1 Å². The van der Waals surface area contributed by atoms with Gasteiger partial charge in [-0.05, 0) is 25.3 Å². The first kappa shape index (κ1) is 16.5. The van der Waals surface area contributed by atoms with Crippen LogP contribution in [0.1, 0.15) is 42.5 Å². The number of ether oxygens (including phenoxy) is 2. The number of nitrogens with one attached hydrogen (secondary N) is 1. The molecule has 0 fully saturated rings. The van der Waals surface area contributed by atoms with Crippen molar-refractivity contribution in [3.8, 4) is 5.75 Å². The maximum absolute atomic E-state index is 13.5. The Morgan fingerprint density at radius 2 is 2.32 bits per heavy atom. The molecule has 2 atom stereocenters. The Balaban J connectivity index is 1.49. The van der Waals surface area contributed by atoms with Crippen LogP contribution in [-0.2, 0) is 24.3 Å². The molecule has 1 aromatic carbocycles. The van der Waals surface area contributed by atoms with E-state index in [0.29, 0.717) is 25.0 Å². The Labute approximate surface area is 146 Å². The molecule has 3 heterocycles. The van der Waals surface area contributed by atoms with Gasteiger partial charge in [-0.25, -0.2) is 14.1 Å². The highest BCUT2D eigenvalue weighted by molar-refractivity contribution is 5.37. The molecule has 2 aromatic rings. The zero-order chi connectivity index (χ0) is 17.2. The lowest BCUT2D eigenvalue weighted by molar-refractivity contribution is 0.177. The molecule has 2 aliphatic rings. The number of benzene rings is 1. The first-order valence-corrected chi connectivity index (χ1v) is 8.83. The summed E-state index contributed by atoms with van der Waals surface area (Å²) in [5, 5.41) is 8.26. The van der Waals surface area contributed by atoms with Crippen molar-refractivity contribution in [2.45, 2.75) is 50.9 Å². The quantitative estimate of drug-likeness (QED) is 0.921. The molecule has 0 aliphatic carbocycles. The number of rotatable bonds is 4. The van der Waals surface area contributed by atoms with Gasteiger partial charge in [0.1, 0.15) is 24.0 Å². The number of fused-ring (bicyclic) bond motifs is 2. The summed E-state index contributed by atoms with van der Waals surface area (Å²) in [5.41, 5.74) is 1.04. The molecule has 6 nitrogen and oxygen atoms in total. The van der Waals surface area contributed by atoms with Gasteiger partial charge in [-0.2, -0.15) is 5.10 Å². The summed E-state index contributed by atoms with van der Waals surface area (Å²) >= 11 is 0. The van der Waals surface area contributed by atoms with Crippen molar-refractivity contribution in [2.75, 3.05) is 13.7 Å². The summed E-state index contributed by atoms with van der Waals surface area (Å²) < 4.78 is 26.3. The average Bonchev–Trinajstić information content (AvgIpc) is 2.89. The minimum Gasteiger partial charge on any atom is -0.493 e. The third-order valence-electron chi connectivity index (χ3n) is 4.86. The molecule has 0 unspecified atom stereocenters. The predicted molar refractivity (Wildman–Crippen MR) is 89.8 cm³/mol. The fourth-order valence-electron chi connectivity index (χ4n) is 3.69. The van der Waals surface area contributed by atoms with Crippen molar-refractivity contribution in [3.63, 3.8) is 0 Å². The van der Waals surface area contributed by atoms with Gasteiger partial charge in [-0.15, -0.1) is 0 Å². The van der Waals surface area contributed by atoms with E-state index >= 15 is 0 Å². The number of nitrogens with zero attached hydrogens (tertiary/aromatic N) is 3. The molecule has 0 saturated heterocycles. The molecule has 134 valence electrons. The van der Waals surface area contributed by atoms with Crippen LogP contribution in [-0.4, -0.2) is 34.5 Å². The fraction of sp³-hybridized carbons (Fsp3) is 0.556. The Kier molecular flexibility index (Phi) is 4.67. The van der Waals surface area contributed by atoms with Crippen LogP contribution in [0, 0.1) is 5.82 Å². The number of hydrogen-bond acceptors (Lipinski definition) is 5. The van der Waals surface area contributed by atoms with Crippen LogP contribution in [0.25, 0.3) is 0 Å². The third kappa shape index (κ3) is 3.52. The maximum atomic E-state index is 13.5. The zero-order valence-electron chi connectivity index (χ0n) is 14.4. The van der Waals surface area contributed by atoms with Gasteiger partial charge in [-0.1, -0.05) is 6.07 Å². The van der Waals surface area contributed by atoms with E-state index in [1.165, 1.54) is 12.1 Å². The Morgan fingerprint density at radius 3 is 3.20 bits per heavy atom. The minimum atomic E-state index is -0.255. The zero-order valence-corrected chi connectivity index (χ0v) is 14.4. The topological polar surface area (TPSA) is 61.2 Å². The highest BCUT2D eigenvalue weighted by Crippen LogP contribution is 2.33. The van der Waals surface area contributed by atoms with E-state index in [0.717, 1.165) is 49.4 Å². The fourth-order valence-corrected chi connectivity index (χ4v) is 3.69. The molecular weight excluding hydrogens is 323 g/mol. The van der Waals surface area contributed by atoms with Crippen LogP contribution in [0.4, 0.5) is 4.39 Å². The Hall–Kier alpha value is -1.99. The van der Waals surface area contributed by atoms with Crippen molar-refractivity contribution < 1.29 is 13.9 Å². The monoisotopic (exact) mass is 346 g/mol. The van der Waals surface area contributed by atoms with Crippen LogP contribution in [0.15, 0.2) is 18.2 Å². The Bertz CT molecular complexity index is 749.